The van der Waals surface area contributed by atoms with Gasteiger partial charge in [0.25, 0.3) is 0 Å². The molecule has 0 radical (unpaired) electrons. The highest BCUT2D eigenvalue weighted by molar-refractivity contribution is 5.38. The first-order valence-electron chi connectivity index (χ1n) is 6.50. The highest BCUT2D eigenvalue weighted by atomic mass is 16.5. The molecule has 0 heterocycles. The van der Waals surface area contributed by atoms with Crippen LogP contribution in [-0.2, 0) is 0 Å². The molecular formula is C15H25NO2. The lowest BCUT2D eigenvalue weighted by Crippen LogP contribution is -2.38. The lowest BCUT2D eigenvalue weighted by atomic mass is 10.0. The molecule has 2 atom stereocenters. The Balaban J connectivity index is 2.77. The van der Waals surface area contributed by atoms with Crippen molar-refractivity contribution in [3.8, 4) is 5.75 Å². The second kappa shape index (κ2) is 6.21. The number of nitrogens with one attached hydrogen (secondary N) is 1. The summed E-state index contributed by atoms with van der Waals surface area (Å²) in [4.78, 5) is 0. The number of hydrogen-bond acceptors (Lipinski definition) is 3. The topological polar surface area (TPSA) is 41.5 Å². The second-order valence-electron chi connectivity index (χ2n) is 5.20. The fraction of sp³-hybridized carbons (Fsp3) is 0.600. The zero-order chi connectivity index (χ0) is 13.8. The van der Waals surface area contributed by atoms with Gasteiger partial charge in [-0.2, -0.15) is 0 Å². The van der Waals surface area contributed by atoms with Crippen molar-refractivity contribution in [3.63, 3.8) is 0 Å². The normalized spacial score (nSPS) is 16.1. The van der Waals surface area contributed by atoms with E-state index in [0.29, 0.717) is 6.54 Å². The first kappa shape index (κ1) is 15.0. The van der Waals surface area contributed by atoms with E-state index >= 15 is 0 Å². The van der Waals surface area contributed by atoms with Crippen molar-refractivity contribution in [2.75, 3.05) is 13.7 Å². The third kappa shape index (κ3) is 4.00. The monoisotopic (exact) mass is 251 g/mol. The molecule has 2 N–H and O–H groups in total. The molecule has 0 aliphatic heterocycles. The van der Waals surface area contributed by atoms with E-state index in [1.54, 1.807) is 7.11 Å². The summed E-state index contributed by atoms with van der Waals surface area (Å²) in [6.45, 7) is 8.56. The van der Waals surface area contributed by atoms with Gasteiger partial charge in [0.2, 0.25) is 0 Å². The van der Waals surface area contributed by atoms with Crippen LogP contribution >= 0.6 is 0 Å². The maximum absolute atomic E-state index is 10.0. The van der Waals surface area contributed by atoms with Gasteiger partial charge in [-0.05, 0) is 33.3 Å². The Labute approximate surface area is 110 Å². The van der Waals surface area contributed by atoms with Crippen molar-refractivity contribution in [1.82, 2.24) is 5.32 Å². The first-order valence-corrected chi connectivity index (χ1v) is 6.50. The molecule has 3 nitrogen and oxygen atoms in total. The summed E-state index contributed by atoms with van der Waals surface area (Å²) < 4.78 is 5.38. The number of rotatable bonds is 6. The number of ether oxygens (including phenoxy) is 1. The maximum Gasteiger partial charge on any atom is 0.123 e. The van der Waals surface area contributed by atoms with Gasteiger partial charge in [-0.15, -0.1) is 0 Å². The van der Waals surface area contributed by atoms with E-state index in [1.807, 2.05) is 26.0 Å². The minimum atomic E-state index is -0.661. The Morgan fingerprint density at radius 3 is 2.67 bits per heavy atom. The van der Waals surface area contributed by atoms with Crippen LogP contribution in [0.1, 0.15) is 44.4 Å². The van der Waals surface area contributed by atoms with Crippen LogP contribution in [0.4, 0.5) is 0 Å². The number of methoxy groups -OCH3 is 1. The van der Waals surface area contributed by atoms with E-state index in [4.69, 9.17) is 4.74 Å². The quantitative estimate of drug-likeness (QED) is 0.817. The van der Waals surface area contributed by atoms with Crippen LogP contribution in [-0.4, -0.2) is 24.4 Å². The Kier molecular flexibility index (Phi) is 5.17. The third-order valence-electron chi connectivity index (χ3n) is 3.40. The van der Waals surface area contributed by atoms with E-state index in [2.05, 4.69) is 25.2 Å². The van der Waals surface area contributed by atoms with Gasteiger partial charge in [0.15, 0.2) is 0 Å². The molecule has 0 fully saturated rings. The van der Waals surface area contributed by atoms with E-state index in [0.717, 1.165) is 17.7 Å². The molecule has 18 heavy (non-hydrogen) atoms. The van der Waals surface area contributed by atoms with Gasteiger partial charge in [0.1, 0.15) is 5.75 Å². The minimum Gasteiger partial charge on any atom is -0.496 e. The molecule has 3 heteroatoms. The van der Waals surface area contributed by atoms with Gasteiger partial charge in [0.05, 0.1) is 12.7 Å². The van der Waals surface area contributed by atoms with Crippen LogP contribution in [0.3, 0.4) is 0 Å². The Morgan fingerprint density at radius 2 is 2.11 bits per heavy atom. The van der Waals surface area contributed by atoms with E-state index in [9.17, 15) is 5.11 Å². The summed E-state index contributed by atoms with van der Waals surface area (Å²) in [5, 5.41) is 13.4. The molecule has 1 rings (SSSR count). The summed E-state index contributed by atoms with van der Waals surface area (Å²) in [7, 11) is 1.68. The molecule has 0 aliphatic carbocycles. The average Bonchev–Trinajstić information content (AvgIpc) is 2.36. The van der Waals surface area contributed by atoms with Gasteiger partial charge >= 0.3 is 0 Å². The van der Waals surface area contributed by atoms with Crippen LogP contribution < -0.4 is 10.1 Å². The van der Waals surface area contributed by atoms with Crippen LogP contribution in [0.25, 0.3) is 0 Å². The number of benzene rings is 1. The Hall–Kier alpha value is -1.06. The predicted octanol–water partition coefficient (Wildman–Crippen LogP) is 2.82. The van der Waals surface area contributed by atoms with Gasteiger partial charge in [0, 0.05) is 18.2 Å². The summed E-state index contributed by atoms with van der Waals surface area (Å²) in [5.41, 5.74) is 1.68. The fourth-order valence-corrected chi connectivity index (χ4v) is 1.80. The third-order valence-corrected chi connectivity index (χ3v) is 3.40. The molecule has 0 amide bonds. The Morgan fingerprint density at radius 1 is 1.44 bits per heavy atom. The first-order chi connectivity index (χ1) is 8.39. The molecule has 0 saturated heterocycles. The Bertz CT molecular complexity index is 388. The number of aliphatic hydroxyl groups is 1. The molecule has 1 aromatic carbocycles. The number of hydrogen-bond donors (Lipinski definition) is 2. The SMILES string of the molecule is CCC(C)(O)CNC(C)c1cc(C)ccc1OC. The van der Waals surface area contributed by atoms with Gasteiger partial charge < -0.3 is 15.2 Å². The minimum absolute atomic E-state index is 0.151. The summed E-state index contributed by atoms with van der Waals surface area (Å²) >= 11 is 0. The highest BCUT2D eigenvalue weighted by Gasteiger charge is 2.19. The smallest absolute Gasteiger partial charge is 0.123 e. The molecule has 0 saturated carbocycles. The fourth-order valence-electron chi connectivity index (χ4n) is 1.80. The van der Waals surface area contributed by atoms with Crippen LogP contribution in [0.5, 0.6) is 5.75 Å². The summed E-state index contributed by atoms with van der Waals surface area (Å²) in [5.74, 6) is 0.886. The zero-order valence-electron chi connectivity index (χ0n) is 12.1. The molecular weight excluding hydrogens is 226 g/mol. The van der Waals surface area contributed by atoms with Crippen molar-refractivity contribution < 1.29 is 9.84 Å². The van der Waals surface area contributed by atoms with Gasteiger partial charge in [-0.1, -0.05) is 24.6 Å². The van der Waals surface area contributed by atoms with Crippen molar-refractivity contribution in [1.29, 1.82) is 0 Å². The van der Waals surface area contributed by atoms with Gasteiger partial charge in [-0.3, -0.25) is 0 Å². The zero-order valence-corrected chi connectivity index (χ0v) is 12.1. The molecule has 0 aromatic heterocycles. The highest BCUT2D eigenvalue weighted by Crippen LogP contribution is 2.26. The molecule has 1 aromatic rings. The predicted molar refractivity (Wildman–Crippen MR) is 75.1 cm³/mol. The van der Waals surface area contributed by atoms with E-state index in [-0.39, 0.29) is 6.04 Å². The van der Waals surface area contributed by atoms with Crippen LogP contribution in [0.15, 0.2) is 18.2 Å². The molecule has 0 spiro atoms. The number of aryl methyl sites for hydroxylation is 1. The van der Waals surface area contributed by atoms with Crippen molar-refractivity contribution in [2.45, 2.75) is 45.8 Å². The maximum atomic E-state index is 10.0. The second-order valence-corrected chi connectivity index (χ2v) is 5.20. The molecule has 0 aliphatic rings. The largest absolute Gasteiger partial charge is 0.496 e. The standard InChI is InChI=1S/C15H25NO2/c1-6-15(4,17)10-16-12(3)13-9-11(2)7-8-14(13)18-5/h7-9,12,16-17H,6,10H2,1-5H3. The summed E-state index contributed by atoms with van der Waals surface area (Å²) in [6.07, 6.45) is 0.734. The molecule has 102 valence electrons. The molecule has 2 unspecified atom stereocenters. The van der Waals surface area contributed by atoms with Crippen LogP contribution in [0.2, 0.25) is 0 Å². The van der Waals surface area contributed by atoms with Crippen molar-refractivity contribution >= 4 is 0 Å². The average molecular weight is 251 g/mol. The lowest BCUT2D eigenvalue weighted by molar-refractivity contribution is 0.0533. The summed E-state index contributed by atoms with van der Waals surface area (Å²) in [6, 6.07) is 6.30. The van der Waals surface area contributed by atoms with Crippen molar-refractivity contribution in [3.05, 3.63) is 29.3 Å². The van der Waals surface area contributed by atoms with E-state index < -0.39 is 5.60 Å². The van der Waals surface area contributed by atoms with Crippen LogP contribution in [0, 0.1) is 6.92 Å². The molecule has 0 bridgehead atoms. The van der Waals surface area contributed by atoms with E-state index in [1.165, 1.54) is 5.56 Å². The van der Waals surface area contributed by atoms with Crippen molar-refractivity contribution in [2.24, 2.45) is 0 Å². The van der Waals surface area contributed by atoms with Gasteiger partial charge in [-0.25, -0.2) is 0 Å². The lowest BCUT2D eigenvalue weighted by Gasteiger charge is -2.25.